The lowest BCUT2D eigenvalue weighted by Crippen LogP contribution is -2.16. The molecule has 0 unspecified atom stereocenters. The number of benzene rings is 2. The Balaban J connectivity index is 1.47. The van der Waals surface area contributed by atoms with Gasteiger partial charge in [-0.3, -0.25) is 0 Å². The van der Waals surface area contributed by atoms with Crippen LogP contribution in [0.15, 0.2) is 60.9 Å². The molecule has 0 N–H and O–H groups in total. The molecular weight excluding hydrogens is 413 g/mol. The first kappa shape index (κ1) is 19.0. The van der Waals surface area contributed by atoms with Crippen LogP contribution in [0.5, 0.6) is 17.2 Å². The minimum Gasteiger partial charge on any atom is -0.454 e. The summed E-state index contributed by atoms with van der Waals surface area (Å²) in [6.07, 6.45) is -1.35. The van der Waals surface area contributed by atoms with E-state index in [1.54, 1.807) is 16.9 Å². The number of hydrogen-bond acceptors (Lipinski definition) is 6. The Morgan fingerprint density at radius 1 is 1.03 bits per heavy atom. The maximum Gasteiger partial charge on any atom is 0.573 e. The summed E-state index contributed by atoms with van der Waals surface area (Å²) in [5.41, 5.74) is 2.77. The molecule has 0 aliphatic carbocycles. The van der Waals surface area contributed by atoms with Crippen LogP contribution in [0, 0.1) is 0 Å². The van der Waals surface area contributed by atoms with E-state index in [2.05, 4.69) is 9.84 Å². The number of ether oxygens (including phenoxy) is 3. The summed E-state index contributed by atoms with van der Waals surface area (Å²) in [5, 5.41) is 4.29. The lowest BCUT2D eigenvalue weighted by molar-refractivity contribution is -0.274. The zero-order chi connectivity index (χ0) is 21.6. The number of alkyl halides is 3. The number of nitrogens with zero attached hydrogens (tertiary/aromatic N) is 4. The van der Waals surface area contributed by atoms with Gasteiger partial charge < -0.3 is 19.1 Å². The molecule has 0 amide bonds. The molecule has 0 atom stereocenters. The van der Waals surface area contributed by atoms with Gasteiger partial charge in [0, 0.05) is 30.6 Å². The second-order valence-corrected chi connectivity index (χ2v) is 6.78. The summed E-state index contributed by atoms with van der Waals surface area (Å²) in [6, 6.07) is 13.0. The maximum atomic E-state index is 12.4. The Labute approximate surface area is 174 Å². The molecule has 1 aliphatic rings. The van der Waals surface area contributed by atoms with Crippen LogP contribution in [0.4, 0.5) is 24.7 Å². The third kappa shape index (κ3) is 3.67. The summed E-state index contributed by atoms with van der Waals surface area (Å²) in [7, 11) is 1.87. The third-order valence-corrected chi connectivity index (χ3v) is 4.84. The lowest BCUT2D eigenvalue weighted by atomic mass is 10.1. The summed E-state index contributed by atoms with van der Waals surface area (Å²) < 4.78 is 53.5. The van der Waals surface area contributed by atoms with E-state index < -0.39 is 6.36 Å². The number of aromatic nitrogens is 3. The molecule has 1 aliphatic heterocycles. The highest BCUT2D eigenvalue weighted by atomic mass is 19.4. The van der Waals surface area contributed by atoms with Crippen LogP contribution in [0.2, 0.25) is 0 Å². The fraction of sp³-hybridized carbons (Fsp3) is 0.143. The molecule has 0 radical (unpaired) electrons. The molecule has 10 heteroatoms. The molecule has 5 rings (SSSR count). The molecule has 3 heterocycles. The first-order valence-corrected chi connectivity index (χ1v) is 9.21. The topological polar surface area (TPSA) is 61.1 Å². The molecule has 2 aromatic heterocycles. The van der Waals surface area contributed by atoms with E-state index in [0.717, 1.165) is 5.69 Å². The number of fused-ring (bicyclic) bond motifs is 2. The monoisotopic (exact) mass is 428 g/mol. The molecule has 7 nitrogen and oxygen atoms in total. The molecule has 31 heavy (non-hydrogen) atoms. The Morgan fingerprint density at radius 2 is 1.81 bits per heavy atom. The van der Waals surface area contributed by atoms with E-state index in [9.17, 15) is 13.2 Å². The second-order valence-electron chi connectivity index (χ2n) is 6.78. The van der Waals surface area contributed by atoms with Gasteiger partial charge in [-0.2, -0.15) is 5.10 Å². The van der Waals surface area contributed by atoms with Gasteiger partial charge in [-0.1, -0.05) is 12.1 Å². The fourth-order valence-corrected chi connectivity index (χ4v) is 3.31. The van der Waals surface area contributed by atoms with Crippen LogP contribution >= 0.6 is 0 Å². The largest absolute Gasteiger partial charge is 0.573 e. The van der Waals surface area contributed by atoms with Crippen molar-refractivity contribution in [3.8, 4) is 28.4 Å². The Bertz CT molecular complexity index is 1260. The van der Waals surface area contributed by atoms with Crippen LogP contribution in [0.1, 0.15) is 0 Å². The van der Waals surface area contributed by atoms with Crippen LogP contribution in [0.25, 0.3) is 16.8 Å². The van der Waals surface area contributed by atoms with Crippen molar-refractivity contribution in [1.82, 2.24) is 14.6 Å². The average Bonchev–Trinajstić information content (AvgIpc) is 3.38. The highest BCUT2D eigenvalue weighted by Crippen LogP contribution is 2.37. The van der Waals surface area contributed by atoms with Crippen LogP contribution in [-0.4, -0.2) is 34.8 Å². The maximum absolute atomic E-state index is 12.4. The molecule has 0 saturated heterocycles. The minimum absolute atomic E-state index is 0.193. The zero-order valence-electron chi connectivity index (χ0n) is 16.1. The molecule has 0 spiro atoms. The van der Waals surface area contributed by atoms with Crippen molar-refractivity contribution in [2.45, 2.75) is 6.36 Å². The molecule has 2 aromatic carbocycles. The number of anilines is 2. The first-order chi connectivity index (χ1) is 14.9. The third-order valence-electron chi connectivity index (χ3n) is 4.84. The van der Waals surface area contributed by atoms with Crippen molar-refractivity contribution < 1.29 is 27.4 Å². The van der Waals surface area contributed by atoms with E-state index in [-0.39, 0.29) is 12.5 Å². The second kappa shape index (κ2) is 7.08. The van der Waals surface area contributed by atoms with Gasteiger partial charge in [0.05, 0.1) is 6.20 Å². The average molecular weight is 428 g/mol. The quantitative estimate of drug-likeness (QED) is 0.466. The summed E-state index contributed by atoms with van der Waals surface area (Å²) in [6.45, 7) is 0.193. The van der Waals surface area contributed by atoms with Crippen molar-refractivity contribution in [2.75, 3.05) is 18.7 Å². The van der Waals surface area contributed by atoms with Gasteiger partial charge in [-0.25, -0.2) is 9.50 Å². The molecule has 4 aromatic rings. The SMILES string of the molecule is CN(c1ccc2c(c1)OCO2)c1ccn2ncc(-c3ccc(OC(F)(F)F)cc3)c2n1. The Morgan fingerprint density at radius 3 is 2.58 bits per heavy atom. The van der Waals surface area contributed by atoms with Gasteiger partial charge in [0.1, 0.15) is 11.6 Å². The molecule has 0 saturated carbocycles. The Hall–Kier alpha value is -3.95. The summed E-state index contributed by atoms with van der Waals surface area (Å²) in [4.78, 5) is 6.59. The summed E-state index contributed by atoms with van der Waals surface area (Å²) in [5.74, 6) is 1.72. The van der Waals surface area contributed by atoms with E-state index in [0.29, 0.717) is 34.1 Å². The van der Waals surface area contributed by atoms with E-state index in [1.807, 2.05) is 36.2 Å². The van der Waals surface area contributed by atoms with Crippen LogP contribution < -0.4 is 19.1 Å². The first-order valence-electron chi connectivity index (χ1n) is 9.21. The number of halogens is 3. The van der Waals surface area contributed by atoms with Gasteiger partial charge in [0.2, 0.25) is 6.79 Å². The number of hydrogen-bond donors (Lipinski definition) is 0. The highest BCUT2D eigenvalue weighted by Gasteiger charge is 2.31. The predicted molar refractivity (Wildman–Crippen MR) is 106 cm³/mol. The fourth-order valence-electron chi connectivity index (χ4n) is 3.31. The van der Waals surface area contributed by atoms with Gasteiger partial charge in [-0.05, 0) is 35.9 Å². The van der Waals surface area contributed by atoms with Gasteiger partial charge in [-0.15, -0.1) is 13.2 Å². The lowest BCUT2D eigenvalue weighted by Gasteiger charge is -2.18. The van der Waals surface area contributed by atoms with E-state index in [4.69, 9.17) is 14.5 Å². The van der Waals surface area contributed by atoms with Crippen molar-refractivity contribution in [3.63, 3.8) is 0 Å². The highest BCUT2D eigenvalue weighted by molar-refractivity contribution is 5.78. The normalized spacial score (nSPS) is 12.9. The van der Waals surface area contributed by atoms with E-state index >= 15 is 0 Å². The zero-order valence-corrected chi connectivity index (χ0v) is 16.1. The van der Waals surface area contributed by atoms with Crippen molar-refractivity contribution in [3.05, 3.63) is 60.9 Å². The van der Waals surface area contributed by atoms with Gasteiger partial charge >= 0.3 is 6.36 Å². The molecule has 0 fully saturated rings. The van der Waals surface area contributed by atoms with Gasteiger partial charge in [0.15, 0.2) is 17.1 Å². The predicted octanol–water partition coefficient (Wildman–Crippen LogP) is 4.79. The smallest absolute Gasteiger partial charge is 0.454 e. The van der Waals surface area contributed by atoms with Crippen molar-refractivity contribution in [1.29, 1.82) is 0 Å². The molecule has 0 bridgehead atoms. The summed E-state index contributed by atoms with van der Waals surface area (Å²) >= 11 is 0. The van der Waals surface area contributed by atoms with E-state index in [1.165, 1.54) is 24.3 Å². The Kier molecular flexibility index (Phi) is 4.35. The van der Waals surface area contributed by atoms with Crippen molar-refractivity contribution >= 4 is 17.2 Å². The molecular formula is C21H15F3N4O3. The van der Waals surface area contributed by atoms with Crippen molar-refractivity contribution in [2.24, 2.45) is 0 Å². The van der Waals surface area contributed by atoms with Crippen LogP contribution in [-0.2, 0) is 0 Å². The number of rotatable bonds is 4. The standard InChI is InChI=1S/C21H15F3N4O3/c1-27(14-4-7-17-18(10-14)30-12-29-17)19-8-9-28-20(26-19)16(11-25-28)13-2-5-15(6-3-13)31-21(22,23)24/h2-11H,12H2,1H3. The molecule has 158 valence electrons. The minimum atomic E-state index is -4.73. The van der Waals surface area contributed by atoms with Gasteiger partial charge in [0.25, 0.3) is 0 Å². The van der Waals surface area contributed by atoms with Crippen LogP contribution in [0.3, 0.4) is 0 Å².